The van der Waals surface area contributed by atoms with Crippen LogP contribution in [0.15, 0.2) is 46.2 Å². The predicted octanol–water partition coefficient (Wildman–Crippen LogP) is 5.17. The first kappa shape index (κ1) is 17.7. The van der Waals surface area contributed by atoms with Crippen LogP contribution in [0.5, 0.6) is 0 Å². The molecule has 0 saturated carbocycles. The van der Waals surface area contributed by atoms with Crippen LogP contribution in [-0.4, -0.2) is 10.9 Å². The van der Waals surface area contributed by atoms with E-state index in [1.54, 1.807) is 0 Å². The maximum absolute atomic E-state index is 12.4. The molecule has 1 atom stereocenters. The van der Waals surface area contributed by atoms with Crippen molar-refractivity contribution in [1.29, 1.82) is 0 Å². The minimum absolute atomic E-state index is 0.0319. The fourth-order valence-electron chi connectivity index (χ4n) is 2.58. The molecule has 1 unspecified atom stereocenters. The SMILES string of the molecule is CCC(NC(=O)Cc1csc(-c2ccc(C)o2)n1)c1ccc(Cl)cc1. The van der Waals surface area contributed by atoms with E-state index in [-0.39, 0.29) is 18.4 Å². The third-order valence-corrected chi connectivity index (χ3v) is 5.02. The lowest BCUT2D eigenvalue weighted by atomic mass is 10.0. The van der Waals surface area contributed by atoms with Crippen LogP contribution in [0, 0.1) is 6.92 Å². The van der Waals surface area contributed by atoms with Crippen LogP contribution in [0.3, 0.4) is 0 Å². The van der Waals surface area contributed by atoms with Gasteiger partial charge in [-0.3, -0.25) is 4.79 Å². The number of aromatic nitrogens is 1. The zero-order valence-corrected chi connectivity index (χ0v) is 15.7. The van der Waals surface area contributed by atoms with E-state index in [2.05, 4.69) is 10.3 Å². The third-order valence-electron chi connectivity index (χ3n) is 3.86. The van der Waals surface area contributed by atoms with E-state index in [0.29, 0.717) is 5.02 Å². The Kier molecular flexibility index (Phi) is 5.56. The Balaban J connectivity index is 1.63. The number of hydrogen-bond acceptors (Lipinski definition) is 4. The molecule has 3 rings (SSSR count). The monoisotopic (exact) mass is 374 g/mol. The first-order valence-corrected chi connectivity index (χ1v) is 9.37. The summed E-state index contributed by atoms with van der Waals surface area (Å²) >= 11 is 7.41. The fourth-order valence-corrected chi connectivity index (χ4v) is 3.48. The van der Waals surface area contributed by atoms with Crippen molar-refractivity contribution in [2.75, 3.05) is 0 Å². The number of carbonyl (C=O) groups excluding carboxylic acids is 1. The zero-order chi connectivity index (χ0) is 17.8. The van der Waals surface area contributed by atoms with Gasteiger partial charge in [-0.2, -0.15) is 0 Å². The van der Waals surface area contributed by atoms with Gasteiger partial charge in [0.25, 0.3) is 0 Å². The molecule has 0 aliphatic carbocycles. The van der Waals surface area contributed by atoms with Crippen molar-refractivity contribution in [2.24, 2.45) is 0 Å². The van der Waals surface area contributed by atoms with E-state index in [1.165, 1.54) is 11.3 Å². The summed E-state index contributed by atoms with van der Waals surface area (Å²) in [5, 5.41) is 6.44. The molecule has 4 nitrogen and oxygen atoms in total. The van der Waals surface area contributed by atoms with Gasteiger partial charge in [-0.05, 0) is 43.2 Å². The maximum atomic E-state index is 12.4. The van der Waals surface area contributed by atoms with Crippen LogP contribution >= 0.6 is 22.9 Å². The number of nitrogens with one attached hydrogen (secondary N) is 1. The summed E-state index contributed by atoms with van der Waals surface area (Å²) in [6.07, 6.45) is 1.06. The van der Waals surface area contributed by atoms with Crippen LogP contribution < -0.4 is 5.32 Å². The normalized spacial score (nSPS) is 12.1. The fraction of sp³-hybridized carbons (Fsp3) is 0.263. The first-order chi connectivity index (χ1) is 12.0. The van der Waals surface area contributed by atoms with Crippen LogP contribution in [-0.2, 0) is 11.2 Å². The third kappa shape index (κ3) is 4.50. The number of nitrogens with zero attached hydrogens (tertiary/aromatic N) is 1. The summed E-state index contributed by atoms with van der Waals surface area (Å²) in [6.45, 7) is 3.94. The Morgan fingerprint density at radius 2 is 2.04 bits per heavy atom. The largest absolute Gasteiger partial charge is 0.459 e. The molecule has 2 heterocycles. The standard InChI is InChI=1S/C19H19ClN2O2S/c1-3-16(13-5-7-14(20)8-6-13)22-18(23)10-15-11-25-19(21-15)17-9-4-12(2)24-17/h4-9,11,16H,3,10H2,1-2H3,(H,22,23). The molecule has 0 saturated heterocycles. The van der Waals surface area contributed by atoms with Crippen LogP contribution in [0.2, 0.25) is 5.02 Å². The highest BCUT2D eigenvalue weighted by Crippen LogP contribution is 2.26. The van der Waals surface area contributed by atoms with E-state index < -0.39 is 0 Å². The summed E-state index contributed by atoms with van der Waals surface area (Å²) in [5.74, 6) is 1.54. The zero-order valence-electron chi connectivity index (χ0n) is 14.1. The molecule has 2 aromatic heterocycles. The summed E-state index contributed by atoms with van der Waals surface area (Å²) in [5.41, 5.74) is 1.79. The Morgan fingerprint density at radius 1 is 1.28 bits per heavy atom. The number of rotatable bonds is 6. The van der Waals surface area contributed by atoms with Gasteiger partial charge in [0.05, 0.1) is 18.2 Å². The van der Waals surface area contributed by atoms with Crippen molar-refractivity contribution < 1.29 is 9.21 Å². The smallest absolute Gasteiger partial charge is 0.226 e. The predicted molar refractivity (Wildman–Crippen MR) is 101 cm³/mol. The van der Waals surface area contributed by atoms with E-state index in [4.69, 9.17) is 16.0 Å². The summed E-state index contributed by atoms with van der Waals surface area (Å²) in [6, 6.07) is 11.3. The summed E-state index contributed by atoms with van der Waals surface area (Å²) in [7, 11) is 0. The van der Waals surface area contributed by atoms with Crippen molar-refractivity contribution in [1.82, 2.24) is 10.3 Å². The van der Waals surface area contributed by atoms with E-state index in [9.17, 15) is 4.79 Å². The molecule has 1 amide bonds. The van der Waals surface area contributed by atoms with E-state index in [0.717, 1.165) is 34.2 Å². The highest BCUT2D eigenvalue weighted by atomic mass is 35.5. The maximum Gasteiger partial charge on any atom is 0.226 e. The van der Waals surface area contributed by atoms with Gasteiger partial charge in [-0.15, -0.1) is 11.3 Å². The number of hydrogen-bond donors (Lipinski definition) is 1. The van der Waals surface area contributed by atoms with Gasteiger partial charge in [-0.1, -0.05) is 30.7 Å². The van der Waals surface area contributed by atoms with Gasteiger partial charge in [-0.25, -0.2) is 4.98 Å². The minimum atomic E-state index is -0.0470. The van der Waals surface area contributed by atoms with Gasteiger partial charge in [0.15, 0.2) is 10.8 Å². The van der Waals surface area contributed by atoms with Gasteiger partial charge in [0.1, 0.15) is 5.76 Å². The molecule has 25 heavy (non-hydrogen) atoms. The molecule has 0 aliphatic rings. The van der Waals surface area contributed by atoms with Gasteiger partial charge in [0.2, 0.25) is 5.91 Å². The van der Waals surface area contributed by atoms with E-state index >= 15 is 0 Å². The molecule has 0 aliphatic heterocycles. The summed E-state index contributed by atoms with van der Waals surface area (Å²) < 4.78 is 5.57. The molecular weight excluding hydrogens is 356 g/mol. The molecule has 1 aromatic carbocycles. The Morgan fingerprint density at radius 3 is 2.68 bits per heavy atom. The number of thiazole rings is 1. The molecular formula is C19H19ClN2O2S. The molecule has 0 radical (unpaired) electrons. The highest BCUT2D eigenvalue weighted by molar-refractivity contribution is 7.13. The Labute approximate surface area is 155 Å². The van der Waals surface area contributed by atoms with Gasteiger partial charge in [0, 0.05) is 10.4 Å². The van der Waals surface area contributed by atoms with Crippen molar-refractivity contribution in [3.8, 4) is 10.8 Å². The van der Waals surface area contributed by atoms with Gasteiger partial charge < -0.3 is 9.73 Å². The number of aryl methyl sites for hydroxylation is 1. The second kappa shape index (κ2) is 7.85. The number of furan rings is 1. The Bertz CT molecular complexity index is 854. The van der Waals surface area contributed by atoms with Gasteiger partial charge >= 0.3 is 0 Å². The minimum Gasteiger partial charge on any atom is -0.459 e. The molecule has 6 heteroatoms. The second-order valence-electron chi connectivity index (χ2n) is 5.81. The number of amides is 1. The quantitative estimate of drug-likeness (QED) is 0.647. The van der Waals surface area contributed by atoms with Crippen molar-refractivity contribution in [3.63, 3.8) is 0 Å². The highest BCUT2D eigenvalue weighted by Gasteiger charge is 2.15. The summed E-state index contributed by atoms with van der Waals surface area (Å²) in [4.78, 5) is 16.9. The molecule has 0 bridgehead atoms. The number of halogens is 1. The average molecular weight is 375 g/mol. The molecule has 130 valence electrons. The molecule has 1 N–H and O–H groups in total. The number of carbonyl (C=O) groups is 1. The molecule has 0 spiro atoms. The Hall–Kier alpha value is -2.11. The first-order valence-electron chi connectivity index (χ1n) is 8.11. The lowest BCUT2D eigenvalue weighted by molar-refractivity contribution is -0.121. The lowest BCUT2D eigenvalue weighted by Crippen LogP contribution is -2.29. The van der Waals surface area contributed by atoms with Crippen LogP contribution in [0.1, 0.15) is 36.4 Å². The number of benzene rings is 1. The van der Waals surface area contributed by atoms with Crippen LogP contribution in [0.4, 0.5) is 0 Å². The molecule has 0 fully saturated rings. The average Bonchev–Trinajstić information content (AvgIpc) is 3.22. The molecule has 3 aromatic rings. The topological polar surface area (TPSA) is 55.1 Å². The van der Waals surface area contributed by atoms with E-state index in [1.807, 2.05) is 55.6 Å². The van der Waals surface area contributed by atoms with Crippen molar-refractivity contribution in [2.45, 2.75) is 32.7 Å². The van der Waals surface area contributed by atoms with Crippen molar-refractivity contribution in [3.05, 3.63) is 63.8 Å². The lowest BCUT2D eigenvalue weighted by Gasteiger charge is -2.17. The second-order valence-corrected chi connectivity index (χ2v) is 7.11. The van der Waals surface area contributed by atoms with Crippen LogP contribution in [0.25, 0.3) is 10.8 Å². The van der Waals surface area contributed by atoms with Crippen molar-refractivity contribution >= 4 is 28.8 Å².